The van der Waals surface area contributed by atoms with E-state index in [4.69, 9.17) is 0 Å². The molecule has 0 aromatic carbocycles. The molecule has 0 bridgehead atoms. The van der Waals surface area contributed by atoms with Crippen LogP contribution in [0.4, 0.5) is 0 Å². The summed E-state index contributed by atoms with van der Waals surface area (Å²) in [6, 6.07) is 3.98. The van der Waals surface area contributed by atoms with E-state index in [0.29, 0.717) is 6.61 Å². The zero-order chi connectivity index (χ0) is 6.53. The minimum atomic E-state index is 0.675. The summed E-state index contributed by atoms with van der Waals surface area (Å²) >= 11 is 0. The number of aromatic nitrogens is 1. The van der Waals surface area contributed by atoms with Crippen molar-refractivity contribution in [3.8, 4) is 0 Å². The van der Waals surface area contributed by atoms with Crippen LogP contribution < -0.4 is 0 Å². The maximum absolute atomic E-state index is 4.64. The zero-order valence-corrected chi connectivity index (χ0v) is 5.29. The Morgan fingerprint density at radius 1 is 1.33 bits per heavy atom. The average molecular weight is 124 g/mol. The van der Waals surface area contributed by atoms with Gasteiger partial charge in [-0.15, -0.1) is 0 Å². The summed E-state index contributed by atoms with van der Waals surface area (Å²) in [5.41, 5.74) is 0. The van der Waals surface area contributed by atoms with E-state index < -0.39 is 0 Å². The predicted molar refractivity (Wildman–Crippen MR) is 35.7 cm³/mol. The van der Waals surface area contributed by atoms with Crippen molar-refractivity contribution in [2.45, 2.75) is 6.54 Å². The molecule has 0 N–H and O–H groups in total. The molecule has 1 rings (SSSR count). The van der Waals surface area contributed by atoms with Gasteiger partial charge in [0.05, 0.1) is 13.7 Å². The lowest BCUT2D eigenvalue weighted by Gasteiger charge is -1.98. The fourth-order valence-electron chi connectivity index (χ4n) is 0.689. The van der Waals surface area contributed by atoms with E-state index in [1.54, 1.807) is 0 Å². The molecule has 9 heavy (non-hydrogen) atoms. The van der Waals surface area contributed by atoms with E-state index in [2.05, 4.69) is 11.8 Å². The van der Waals surface area contributed by atoms with Crippen LogP contribution in [0.5, 0.6) is 0 Å². The number of nitrogens with zero attached hydrogens (tertiary/aromatic N) is 1. The standard InChI is InChI=1S/C7H10NO/c1-9-7-6-8-4-2-3-5-8/h2-5H,1,6-7H2. The SMILES string of the molecule is [CH2]OCCn1cccc1. The molecule has 1 heterocycles. The highest BCUT2D eigenvalue weighted by atomic mass is 16.5. The highest BCUT2D eigenvalue weighted by molar-refractivity contribution is 4.89. The van der Waals surface area contributed by atoms with Crippen molar-refractivity contribution in [1.29, 1.82) is 0 Å². The van der Waals surface area contributed by atoms with Crippen LogP contribution in [0.3, 0.4) is 0 Å². The molecular weight excluding hydrogens is 114 g/mol. The minimum absolute atomic E-state index is 0.675. The van der Waals surface area contributed by atoms with Gasteiger partial charge in [0.1, 0.15) is 0 Å². The third kappa shape index (κ3) is 1.90. The topological polar surface area (TPSA) is 14.2 Å². The Morgan fingerprint density at radius 3 is 2.56 bits per heavy atom. The molecule has 0 aliphatic carbocycles. The summed E-state index contributed by atoms with van der Waals surface area (Å²) in [4.78, 5) is 0. The molecule has 0 saturated carbocycles. The Kier molecular flexibility index (Phi) is 2.33. The first-order valence-corrected chi connectivity index (χ1v) is 2.91. The Balaban J connectivity index is 2.30. The Labute approximate surface area is 55.1 Å². The fourth-order valence-corrected chi connectivity index (χ4v) is 0.689. The summed E-state index contributed by atoms with van der Waals surface area (Å²) in [5, 5.41) is 0. The zero-order valence-electron chi connectivity index (χ0n) is 5.29. The Bertz CT molecular complexity index is 146. The van der Waals surface area contributed by atoms with Crippen molar-refractivity contribution in [1.82, 2.24) is 4.57 Å². The number of hydrogen-bond donors (Lipinski definition) is 0. The van der Waals surface area contributed by atoms with Crippen LogP contribution in [-0.4, -0.2) is 11.2 Å². The van der Waals surface area contributed by atoms with Crippen LogP contribution in [0.15, 0.2) is 24.5 Å². The molecule has 0 atom stereocenters. The van der Waals surface area contributed by atoms with E-state index in [1.165, 1.54) is 0 Å². The van der Waals surface area contributed by atoms with Gasteiger partial charge in [-0.1, -0.05) is 0 Å². The predicted octanol–water partition coefficient (Wildman–Crippen LogP) is 1.30. The lowest BCUT2D eigenvalue weighted by molar-refractivity contribution is 0.228. The average Bonchev–Trinajstić information content (AvgIpc) is 2.34. The quantitative estimate of drug-likeness (QED) is 0.592. The molecule has 0 aliphatic heterocycles. The summed E-state index contributed by atoms with van der Waals surface area (Å²) in [6.45, 7) is 1.56. The molecule has 2 nitrogen and oxygen atoms in total. The highest BCUT2D eigenvalue weighted by Crippen LogP contribution is 1.88. The number of rotatable bonds is 3. The van der Waals surface area contributed by atoms with Gasteiger partial charge in [0.15, 0.2) is 0 Å². The summed E-state index contributed by atoms with van der Waals surface area (Å²) in [6.07, 6.45) is 4.00. The van der Waals surface area contributed by atoms with Crippen LogP contribution in [-0.2, 0) is 11.3 Å². The monoisotopic (exact) mass is 124 g/mol. The maximum atomic E-state index is 4.64. The molecular formula is C7H10NO. The smallest absolute Gasteiger partial charge is 0.0701 e. The van der Waals surface area contributed by atoms with Crippen molar-refractivity contribution in [3.05, 3.63) is 31.6 Å². The van der Waals surface area contributed by atoms with Crippen LogP contribution in [0.1, 0.15) is 0 Å². The van der Waals surface area contributed by atoms with E-state index in [0.717, 1.165) is 6.54 Å². The van der Waals surface area contributed by atoms with Gasteiger partial charge < -0.3 is 9.30 Å². The third-order valence-electron chi connectivity index (χ3n) is 1.16. The second kappa shape index (κ2) is 3.30. The van der Waals surface area contributed by atoms with E-state index in [9.17, 15) is 0 Å². The van der Waals surface area contributed by atoms with Crippen molar-refractivity contribution < 1.29 is 4.74 Å². The summed E-state index contributed by atoms with van der Waals surface area (Å²) < 4.78 is 6.69. The lowest BCUT2D eigenvalue weighted by Crippen LogP contribution is -1.99. The van der Waals surface area contributed by atoms with Gasteiger partial charge in [-0.25, -0.2) is 0 Å². The van der Waals surface area contributed by atoms with Gasteiger partial charge in [-0.3, -0.25) is 0 Å². The summed E-state index contributed by atoms with van der Waals surface area (Å²) in [7, 11) is 3.27. The van der Waals surface area contributed by atoms with Crippen LogP contribution in [0.25, 0.3) is 0 Å². The third-order valence-corrected chi connectivity index (χ3v) is 1.16. The molecule has 0 saturated heterocycles. The van der Waals surface area contributed by atoms with Gasteiger partial charge >= 0.3 is 0 Å². The normalized spacial score (nSPS) is 9.89. The van der Waals surface area contributed by atoms with Crippen molar-refractivity contribution in [2.75, 3.05) is 6.61 Å². The molecule has 0 aliphatic rings. The second-order valence-corrected chi connectivity index (χ2v) is 1.83. The first-order chi connectivity index (χ1) is 4.43. The van der Waals surface area contributed by atoms with Crippen LogP contribution in [0, 0.1) is 7.11 Å². The molecule has 2 heteroatoms. The largest absolute Gasteiger partial charge is 0.377 e. The lowest BCUT2D eigenvalue weighted by atomic mass is 10.7. The fraction of sp³-hybridized carbons (Fsp3) is 0.286. The van der Waals surface area contributed by atoms with Gasteiger partial charge in [0.2, 0.25) is 0 Å². The molecule has 0 spiro atoms. The molecule has 0 unspecified atom stereocenters. The van der Waals surface area contributed by atoms with Crippen molar-refractivity contribution in [2.24, 2.45) is 0 Å². The van der Waals surface area contributed by atoms with Gasteiger partial charge in [-0.05, 0) is 12.1 Å². The molecule has 1 radical (unpaired) electrons. The molecule has 0 amide bonds. The van der Waals surface area contributed by atoms with E-state index in [-0.39, 0.29) is 0 Å². The molecule has 49 valence electrons. The van der Waals surface area contributed by atoms with E-state index in [1.807, 2.05) is 29.1 Å². The van der Waals surface area contributed by atoms with Crippen molar-refractivity contribution in [3.63, 3.8) is 0 Å². The highest BCUT2D eigenvalue weighted by Gasteiger charge is 1.84. The van der Waals surface area contributed by atoms with Gasteiger partial charge in [0.25, 0.3) is 0 Å². The molecule has 1 aromatic heterocycles. The van der Waals surface area contributed by atoms with Gasteiger partial charge in [0, 0.05) is 18.9 Å². The minimum Gasteiger partial charge on any atom is -0.377 e. The first-order valence-electron chi connectivity index (χ1n) is 2.91. The number of ether oxygens (including phenoxy) is 1. The van der Waals surface area contributed by atoms with Gasteiger partial charge in [-0.2, -0.15) is 0 Å². The molecule has 0 fully saturated rings. The second-order valence-electron chi connectivity index (χ2n) is 1.83. The number of hydrogen-bond acceptors (Lipinski definition) is 1. The van der Waals surface area contributed by atoms with Crippen LogP contribution >= 0.6 is 0 Å². The first kappa shape index (κ1) is 6.36. The molecule has 1 aromatic rings. The van der Waals surface area contributed by atoms with Crippen LogP contribution in [0.2, 0.25) is 0 Å². The van der Waals surface area contributed by atoms with E-state index >= 15 is 0 Å². The Hall–Kier alpha value is -0.760. The van der Waals surface area contributed by atoms with Crippen molar-refractivity contribution >= 4 is 0 Å². The Morgan fingerprint density at radius 2 is 2.00 bits per heavy atom. The maximum Gasteiger partial charge on any atom is 0.0701 e. The summed E-state index contributed by atoms with van der Waals surface area (Å²) in [5.74, 6) is 0.